The van der Waals surface area contributed by atoms with Crippen LogP contribution in [0.2, 0.25) is 0 Å². The van der Waals surface area contributed by atoms with E-state index in [1.165, 1.54) is 13.8 Å². The lowest BCUT2D eigenvalue weighted by atomic mass is 9.72. The van der Waals surface area contributed by atoms with Gasteiger partial charge in [0.1, 0.15) is 0 Å². The van der Waals surface area contributed by atoms with E-state index in [0.29, 0.717) is 11.8 Å². The molecule has 0 aromatic rings. The highest BCUT2D eigenvalue weighted by Gasteiger charge is 2.36. The Morgan fingerprint density at radius 2 is 0.850 bits per heavy atom. The maximum Gasteiger partial charge on any atom is 0.346 e. The fourth-order valence-corrected chi connectivity index (χ4v) is 7.17. The van der Waals surface area contributed by atoms with Gasteiger partial charge in [-0.1, -0.05) is 0 Å². The molecule has 4 fully saturated rings. The van der Waals surface area contributed by atoms with Gasteiger partial charge in [-0.25, -0.2) is 9.59 Å². The third-order valence-corrected chi connectivity index (χ3v) is 9.72. The van der Waals surface area contributed by atoms with E-state index >= 15 is 0 Å². The van der Waals surface area contributed by atoms with Crippen molar-refractivity contribution in [1.29, 1.82) is 0 Å². The number of piperidine rings is 2. The summed E-state index contributed by atoms with van der Waals surface area (Å²) < 4.78 is 0. The summed E-state index contributed by atoms with van der Waals surface area (Å²) in [6, 6.07) is -1.71. The molecule has 2 amide bonds. The smallest absolute Gasteiger partial charge is 0.297 e. The Morgan fingerprint density at radius 3 is 1.15 bits per heavy atom. The number of hydrogen-bond acceptors (Lipinski definition) is 8. The molecule has 2 heterocycles. The van der Waals surface area contributed by atoms with Crippen LogP contribution in [0.5, 0.6) is 0 Å². The van der Waals surface area contributed by atoms with Gasteiger partial charge in [0.2, 0.25) is 12.1 Å². The third-order valence-electron chi connectivity index (χ3n) is 9.72. The first-order chi connectivity index (χ1) is 19.3. The first-order valence-corrected chi connectivity index (χ1v) is 15.9. The summed E-state index contributed by atoms with van der Waals surface area (Å²) in [5, 5.41) is 17.6. The molecule has 4 rings (SSSR count). The number of rotatable bonds is 9. The second kappa shape index (κ2) is 15.1. The molecule has 2 saturated carbocycles. The molecule has 0 spiro atoms. The van der Waals surface area contributed by atoms with Gasteiger partial charge in [0.15, 0.2) is 11.6 Å². The van der Waals surface area contributed by atoms with Crippen LogP contribution in [0.3, 0.4) is 0 Å². The molecule has 2 aliphatic carbocycles. The van der Waals surface area contributed by atoms with E-state index in [9.17, 15) is 19.2 Å². The highest BCUT2D eigenvalue weighted by Crippen LogP contribution is 2.39. The van der Waals surface area contributed by atoms with Gasteiger partial charge in [-0.05, 0) is 116 Å². The topological polar surface area (TPSA) is 127 Å². The van der Waals surface area contributed by atoms with Crippen molar-refractivity contribution in [3.8, 4) is 0 Å². The van der Waals surface area contributed by atoms with E-state index in [2.05, 4.69) is 20.5 Å². The van der Waals surface area contributed by atoms with Gasteiger partial charge in [-0.3, -0.25) is 19.4 Å². The summed E-state index contributed by atoms with van der Waals surface area (Å²) in [6.07, 6.45) is 14.6. The molecule has 40 heavy (non-hydrogen) atoms. The molecule has 0 radical (unpaired) electrons. The Balaban J connectivity index is 1.21. The molecule has 222 valence electrons. The van der Waals surface area contributed by atoms with E-state index in [1.54, 1.807) is 0 Å². The van der Waals surface area contributed by atoms with Gasteiger partial charge in [-0.15, -0.1) is 0 Å². The lowest BCUT2D eigenvalue weighted by molar-refractivity contribution is -0.826. The van der Waals surface area contributed by atoms with Crippen LogP contribution in [0.4, 0.5) is 0 Å². The third kappa shape index (κ3) is 8.41. The molecule has 10 nitrogen and oxygen atoms in total. The van der Waals surface area contributed by atoms with Gasteiger partial charge in [0.25, 0.3) is 0 Å². The molecule has 2 aliphatic heterocycles. The molecule has 0 aromatic heterocycles. The molecular formula is C30H50N6O4+2. The van der Waals surface area contributed by atoms with Gasteiger partial charge in [0, 0.05) is 0 Å². The fraction of sp³-hybridized carbons (Fsp3) is 0.867. The Hall–Kier alpha value is -2.20. The average Bonchev–Trinajstić information content (AvgIpc) is 2.98. The van der Waals surface area contributed by atoms with Gasteiger partial charge in [-0.2, -0.15) is 20.5 Å². The summed E-state index contributed by atoms with van der Waals surface area (Å²) in [5.74, 6) is 0.682. The minimum atomic E-state index is -0.950. The second-order valence-electron chi connectivity index (χ2n) is 12.7. The van der Waals surface area contributed by atoms with Crippen LogP contribution in [0.1, 0.15) is 104 Å². The fourth-order valence-electron chi connectivity index (χ4n) is 7.17. The van der Waals surface area contributed by atoms with Crippen LogP contribution in [0.15, 0.2) is 20.5 Å². The number of ketones is 2. The van der Waals surface area contributed by atoms with Crippen LogP contribution >= 0.6 is 0 Å². The number of quaternary nitrogens is 2. The van der Waals surface area contributed by atoms with Crippen molar-refractivity contribution in [3.63, 3.8) is 0 Å². The molecule has 4 aliphatic rings. The molecule has 2 unspecified atom stereocenters. The van der Waals surface area contributed by atoms with Crippen molar-refractivity contribution in [1.82, 2.24) is 0 Å². The van der Waals surface area contributed by atoms with E-state index < -0.39 is 12.1 Å². The number of azo groups is 2. The van der Waals surface area contributed by atoms with E-state index in [4.69, 9.17) is 0 Å². The van der Waals surface area contributed by atoms with Crippen molar-refractivity contribution < 1.29 is 29.0 Å². The number of likely N-dealkylation sites (tertiary alicyclic amines) is 2. The molecule has 0 aromatic carbocycles. The maximum absolute atomic E-state index is 12.9. The molecule has 2 N–H and O–H groups in total. The number of carbonyl (C=O) groups excluding carboxylic acids is 4. The number of amides is 2. The van der Waals surface area contributed by atoms with Crippen molar-refractivity contribution >= 4 is 23.4 Å². The zero-order valence-electron chi connectivity index (χ0n) is 24.6. The summed E-state index contributed by atoms with van der Waals surface area (Å²) in [4.78, 5) is 51.8. The predicted molar refractivity (Wildman–Crippen MR) is 149 cm³/mol. The van der Waals surface area contributed by atoms with Crippen molar-refractivity contribution in [3.05, 3.63) is 0 Å². The molecule has 2 saturated heterocycles. The summed E-state index contributed by atoms with van der Waals surface area (Å²) in [5.41, 5.74) is 0. The lowest BCUT2D eigenvalue weighted by Gasteiger charge is -2.36. The summed E-state index contributed by atoms with van der Waals surface area (Å²) in [7, 11) is 0. The number of nitrogens with zero attached hydrogens (tertiary/aromatic N) is 4. The maximum atomic E-state index is 12.9. The predicted octanol–water partition coefficient (Wildman–Crippen LogP) is 2.11. The second-order valence-corrected chi connectivity index (χ2v) is 12.7. The normalized spacial score (nSPS) is 30.8. The summed E-state index contributed by atoms with van der Waals surface area (Å²) in [6.45, 7) is 6.07. The number of Topliss-reactive ketones (excluding diaryl/α,β-unsaturated/α-hetero) is 2. The van der Waals surface area contributed by atoms with E-state index in [0.717, 1.165) is 126 Å². The zero-order chi connectivity index (χ0) is 28.5. The number of nitrogens with one attached hydrogen (secondary N) is 2. The molecular weight excluding hydrogens is 508 g/mol. The minimum absolute atomic E-state index is 0.0930. The Bertz CT molecular complexity index is 864. The quantitative estimate of drug-likeness (QED) is 0.332. The van der Waals surface area contributed by atoms with E-state index in [1.807, 2.05) is 0 Å². The minimum Gasteiger partial charge on any atom is -0.297 e. The van der Waals surface area contributed by atoms with Crippen LogP contribution < -0.4 is 9.80 Å². The molecule has 2 atom stereocenters. The zero-order valence-corrected chi connectivity index (χ0v) is 24.6. The van der Waals surface area contributed by atoms with Gasteiger partial charge < -0.3 is 0 Å². The first-order valence-electron chi connectivity index (χ1n) is 15.9. The standard InChI is InChI=1S/C30H48N6O4/c1-21(37)27(29(39)35-17-5-3-6-18-35)33-31-25-13-9-23(10-14-25)24-11-15-26(16-12-24)32-34-28(22(2)38)30(40)36-19-7-4-8-20-36/h23-28H,3-20H2,1-2H3/p+2. The van der Waals surface area contributed by atoms with Crippen LogP contribution in [-0.2, 0) is 19.2 Å². The van der Waals surface area contributed by atoms with Crippen molar-refractivity contribution in [2.45, 2.75) is 128 Å². The van der Waals surface area contributed by atoms with Gasteiger partial charge in [0.05, 0.1) is 38.3 Å². The Kier molecular flexibility index (Phi) is 11.6. The largest absolute Gasteiger partial charge is 0.346 e. The summed E-state index contributed by atoms with van der Waals surface area (Å²) >= 11 is 0. The average molecular weight is 559 g/mol. The number of carbonyl (C=O) groups is 4. The molecule has 0 bridgehead atoms. The molecule has 10 heteroatoms. The number of hydrogen-bond donors (Lipinski definition) is 2. The van der Waals surface area contributed by atoms with Crippen LogP contribution in [-0.4, -0.2) is 73.7 Å². The van der Waals surface area contributed by atoms with Crippen LogP contribution in [0.25, 0.3) is 0 Å². The highest BCUT2D eigenvalue weighted by molar-refractivity contribution is 6.01. The first kappa shape index (κ1) is 30.8. The van der Waals surface area contributed by atoms with E-state index in [-0.39, 0.29) is 35.5 Å². The van der Waals surface area contributed by atoms with Crippen molar-refractivity contribution in [2.75, 3.05) is 26.2 Å². The monoisotopic (exact) mass is 558 g/mol. The highest BCUT2D eigenvalue weighted by atomic mass is 16.2. The SMILES string of the molecule is CC(=O)C(N=NC1CCC(C2CCC(N=NC(C(C)=O)C(=O)[NH+]3CCCCC3)CC2)CC1)C(=O)[NH+]1CCCCC1. The van der Waals surface area contributed by atoms with Crippen LogP contribution in [0, 0.1) is 11.8 Å². The lowest BCUT2D eigenvalue weighted by Crippen LogP contribution is -3.16. The van der Waals surface area contributed by atoms with Crippen molar-refractivity contribution in [2.24, 2.45) is 32.3 Å². The Morgan fingerprint density at radius 1 is 0.525 bits per heavy atom. The Labute approximate surface area is 238 Å². The van der Waals surface area contributed by atoms with Gasteiger partial charge >= 0.3 is 11.8 Å².